The first-order valence-corrected chi connectivity index (χ1v) is 16.1. The standard InChI is InChI=1S/C40H41N3O4/c1-28(30-9-4-3-5-10-30)43(2)26-36-23-38(32-16-14-29(27-44)15-17-32)47-40(46-36)33-20-18-31(19-21-33)37-13-7-6-11-34(37)25-42-39(45)35-12-8-22-41-24-35/h3-22,24,28,36,38,40,44H,23,25-27H2,1-2H3,(H,42,45)/t28-,36+,38-,40-/m0/s1. The summed E-state index contributed by atoms with van der Waals surface area (Å²) in [6.45, 7) is 3.37. The Kier molecular flexibility index (Phi) is 10.5. The monoisotopic (exact) mass is 627 g/mol. The van der Waals surface area contributed by atoms with Crippen molar-refractivity contribution in [2.75, 3.05) is 13.6 Å². The van der Waals surface area contributed by atoms with Crippen LogP contribution in [0, 0.1) is 0 Å². The molecule has 1 amide bonds. The van der Waals surface area contributed by atoms with Crippen LogP contribution in [-0.2, 0) is 22.6 Å². The predicted molar refractivity (Wildman–Crippen MR) is 183 cm³/mol. The van der Waals surface area contributed by atoms with Gasteiger partial charge in [0.2, 0.25) is 0 Å². The van der Waals surface area contributed by atoms with Crippen molar-refractivity contribution in [2.24, 2.45) is 0 Å². The van der Waals surface area contributed by atoms with Crippen LogP contribution in [0.4, 0.5) is 0 Å². The number of nitrogens with zero attached hydrogens (tertiary/aromatic N) is 2. The molecule has 2 heterocycles. The highest BCUT2D eigenvalue weighted by molar-refractivity contribution is 5.93. The van der Waals surface area contributed by atoms with Crippen molar-refractivity contribution in [1.82, 2.24) is 15.2 Å². The summed E-state index contributed by atoms with van der Waals surface area (Å²) >= 11 is 0. The van der Waals surface area contributed by atoms with Crippen LogP contribution >= 0.6 is 0 Å². The fourth-order valence-corrected chi connectivity index (χ4v) is 6.05. The summed E-state index contributed by atoms with van der Waals surface area (Å²) in [6.07, 6.45) is 3.18. The first-order valence-electron chi connectivity index (χ1n) is 16.1. The first-order chi connectivity index (χ1) is 23.0. The summed E-state index contributed by atoms with van der Waals surface area (Å²) in [5.74, 6) is -0.159. The number of nitrogens with one attached hydrogen (secondary N) is 1. The summed E-state index contributed by atoms with van der Waals surface area (Å²) in [4.78, 5) is 19.0. The lowest BCUT2D eigenvalue weighted by atomic mass is 9.97. The number of pyridine rings is 1. The molecule has 7 heteroatoms. The molecule has 7 nitrogen and oxygen atoms in total. The molecule has 1 aliphatic heterocycles. The first kappa shape index (κ1) is 32.3. The lowest BCUT2D eigenvalue weighted by Gasteiger charge is -2.39. The molecule has 5 aromatic rings. The molecular formula is C40H41N3O4. The van der Waals surface area contributed by atoms with E-state index in [4.69, 9.17) is 9.47 Å². The topological polar surface area (TPSA) is 83.9 Å². The molecule has 0 bridgehead atoms. The number of carbonyl (C=O) groups is 1. The number of ether oxygens (including phenoxy) is 2. The largest absolute Gasteiger partial charge is 0.392 e. The fraction of sp³-hybridized carbons (Fsp3) is 0.250. The van der Waals surface area contributed by atoms with E-state index in [-0.39, 0.29) is 30.8 Å². The molecule has 4 aromatic carbocycles. The Bertz CT molecular complexity index is 1730. The van der Waals surface area contributed by atoms with E-state index in [0.717, 1.165) is 46.3 Å². The Morgan fingerprint density at radius 2 is 1.62 bits per heavy atom. The molecular weight excluding hydrogens is 586 g/mol. The summed E-state index contributed by atoms with van der Waals surface area (Å²) in [5, 5.41) is 12.6. The van der Waals surface area contributed by atoms with Crippen molar-refractivity contribution in [2.45, 2.75) is 51.0 Å². The minimum atomic E-state index is -0.542. The van der Waals surface area contributed by atoms with Gasteiger partial charge < -0.3 is 19.9 Å². The van der Waals surface area contributed by atoms with Crippen molar-refractivity contribution in [1.29, 1.82) is 0 Å². The van der Waals surface area contributed by atoms with E-state index < -0.39 is 6.29 Å². The van der Waals surface area contributed by atoms with Crippen LogP contribution < -0.4 is 5.32 Å². The number of likely N-dealkylation sites (N-methyl/N-ethyl adjacent to an activating group) is 1. The van der Waals surface area contributed by atoms with Gasteiger partial charge in [0, 0.05) is 43.5 Å². The summed E-state index contributed by atoms with van der Waals surface area (Å²) in [6, 6.07) is 38.6. The second-order valence-electron chi connectivity index (χ2n) is 12.1. The Hall–Kier alpha value is -4.66. The van der Waals surface area contributed by atoms with Gasteiger partial charge in [-0.1, -0.05) is 103 Å². The van der Waals surface area contributed by atoms with Gasteiger partial charge in [0.05, 0.1) is 24.4 Å². The minimum Gasteiger partial charge on any atom is -0.392 e. The SMILES string of the molecule is C[C@@H](c1ccccc1)N(C)C[C@H]1C[C@@H](c2ccc(CO)cc2)O[C@@H](c2ccc(-c3ccccc3CNC(=O)c3cccnc3)cc2)O1. The van der Waals surface area contributed by atoms with E-state index in [1.807, 2.05) is 48.5 Å². The van der Waals surface area contributed by atoms with E-state index in [9.17, 15) is 9.90 Å². The number of benzene rings is 4. The number of aliphatic hydroxyl groups excluding tert-OH is 1. The van der Waals surface area contributed by atoms with Crippen molar-refractivity contribution in [3.63, 3.8) is 0 Å². The lowest BCUT2D eigenvalue weighted by Crippen LogP contribution is -2.38. The number of hydrogen-bond acceptors (Lipinski definition) is 6. The molecule has 0 saturated carbocycles. The lowest BCUT2D eigenvalue weighted by molar-refractivity contribution is -0.253. The van der Waals surface area contributed by atoms with Gasteiger partial charge in [-0.3, -0.25) is 14.7 Å². The molecule has 2 N–H and O–H groups in total. The quantitative estimate of drug-likeness (QED) is 0.159. The third-order valence-corrected chi connectivity index (χ3v) is 8.92. The zero-order chi connectivity index (χ0) is 32.6. The molecule has 0 spiro atoms. The van der Waals surface area contributed by atoms with Crippen molar-refractivity contribution in [3.8, 4) is 11.1 Å². The highest BCUT2D eigenvalue weighted by Gasteiger charge is 2.33. The van der Waals surface area contributed by atoms with Crippen LogP contribution in [-0.4, -0.2) is 40.6 Å². The minimum absolute atomic E-state index is 0.00862. The molecule has 0 unspecified atom stereocenters. The van der Waals surface area contributed by atoms with Gasteiger partial charge in [-0.25, -0.2) is 0 Å². The number of hydrogen-bond donors (Lipinski definition) is 2. The average Bonchev–Trinajstić information content (AvgIpc) is 3.14. The maximum Gasteiger partial charge on any atom is 0.253 e. The predicted octanol–water partition coefficient (Wildman–Crippen LogP) is 7.41. The van der Waals surface area contributed by atoms with E-state index in [1.165, 1.54) is 5.56 Å². The molecule has 1 aliphatic rings. The van der Waals surface area contributed by atoms with E-state index in [1.54, 1.807) is 24.5 Å². The normalized spacial score (nSPS) is 18.5. The molecule has 1 aromatic heterocycles. The summed E-state index contributed by atoms with van der Waals surface area (Å²) in [7, 11) is 2.14. The summed E-state index contributed by atoms with van der Waals surface area (Å²) in [5.41, 5.74) is 7.79. The number of rotatable bonds is 11. The zero-order valence-corrected chi connectivity index (χ0v) is 26.8. The highest BCUT2D eigenvalue weighted by Crippen LogP contribution is 2.39. The second-order valence-corrected chi connectivity index (χ2v) is 12.1. The molecule has 1 saturated heterocycles. The fourth-order valence-electron chi connectivity index (χ4n) is 6.05. The Morgan fingerprint density at radius 1 is 0.894 bits per heavy atom. The third kappa shape index (κ3) is 8.02. The van der Waals surface area contributed by atoms with Gasteiger partial charge in [0.25, 0.3) is 5.91 Å². The van der Waals surface area contributed by atoms with Crippen LogP contribution in [0.5, 0.6) is 0 Å². The van der Waals surface area contributed by atoms with Gasteiger partial charge in [-0.05, 0) is 59.5 Å². The van der Waals surface area contributed by atoms with Gasteiger partial charge in [0.15, 0.2) is 6.29 Å². The van der Waals surface area contributed by atoms with Gasteiger partial charge in [-0.15, -0.1) is 0 Å². The molecule has 0 radical (unpaired) electrons. The molecule has 6 rings (SSSR count). The molecule has 1 fully saturated rings. The smallest absolute Gasteiger partial charge is 0.253 e. The number of amides is 1. The van der Waals surface area contributed by atoms with Crippen LogP contribution in [0.25, 0.3) is 11.1 Å². The molecule has 240 valence electrons. The van der Waals surface area contributed by atoms with Crippen molar-refractivity contribution < 1.29 is 19.4 Å². The Labute approximate surface area is 276 Å². The van der Waals surface area contributed by atoms with Crippen LogP contribution in [0.2, 0.25) is 0 Å². The zero-order valence-electron chi connectivity index (χ0n) is 26.8. The van der Waals surface area contributed by atoms with E-state index in [2.05, 4.69) is 83.8 Å². The van der Waals surface area contributed by atoms with Crippen molar-refractivity contribution in [3.05, 3.63) is 161 Å². The van der Waals surface area contributed by atoms with Gasteiger partial charge in [-0.2, -0.15) is 0 Å². The third-order valence-electron chi connectivity index (χ3n) is 8.92. The molecule has 4 atom stereocenters. The van der Waals surface area contributed by atoms with Crippen LogP contribution in [0.15, 0.2) is 128 Å². The van der Waals surface area contributed by atoms with Crippen LogP contribution in [0.1, 0.15) is 70.0 Å². The summed E-state index contributed by atoms with van der Waals surface area (Å²) < 4.78 is 13.3. The highest BCUT2D eigenvalue weighted by atomic mass is 16.7. The average molecular weight is 628 g/mol. The van der Waals surface area contributed by atoms with E-state index >= 15 is 0 Å². The van der Waals surface area contributed by atoms with Gasteiger partial charge in [0.1, 0.15) is 0 Å². The second kappa shape index (κ2) is 15.3. The molecule has 47 heavy (non-hydrogen) atoms. The Morgan fingerprint density at radius 3 is 2.34 bits per heavy atom. The number of aromatic nitrogens is 1. The molecule has 0 aliphatic carbocycles. The van der Waals surface area contributed by atoms with Gasteiger partial charge >= 0.3 is 0 Å². The number of aliphatic hydroxyl groups is 1. The van der Waals surface area contributed by atoms with Crippen LogP contribution in [0.3, 0.4) is 0 Å². The maximum atomic E-state index is 12.7. The Balaban J connectivity index is 1.20. The van der Waals surface area contributed by atoms with E-state index in [0.29, 0.717) is 12.1 Å². The van der Waals surface area contributed by atoms with Crippen molar-refractivity contribution >= 4 is 5.91 Å². The maximum absolute atomic E-state index is 12.7. The number of carbonyl (C=O) groups excluding carboxylic acids is 1.